The lowest BCUT2D eigenvalue weighted by atomic mass is 9.85. The van der Waals surface area contributed by atoms with Crippen LogP contribution in [0.2, 0.25) is 0 Å². The SMILES string of the molecule is COc1cc(C(C)C)c2c(c1C)C(=O)C(C)(C)C2OC(C)=O. The third kappa shape index (κ3) is 2.31. The number of ether oxygens (including phenoxy) is 2. The van der Waals surface area contributed by atoms with Crippen LogP contribution in [0, 0.1) is 12.3 Å². The molecule has 0 radical (unpaired) electrons. The normalized spacial score (nSPS) is 19.3. The van der Waals surface area contributed by atoms with Crippen molar-refractivity contribution in [2.24, 2.45) is 5.41 Å². The van der Waals surface area contributed by atoms with Crippen molar-refractivity contribution in [1.29, 1.82) is 0 Å². The zero-order valence-corrected chi connectivity index (χ0v) is 14.4. The number of esters is 1. The molecule has 0 aromatic heterocycles. The monoisotopic (exact) mass is 304 g/mol. The van der Waals surface area contributed by atoms with Crippen molar-refractivity contribution in [2.45, 2.75) is 53.6 Å². The van der Waals surface area contributed by atoms with Gasteiger partial charge in [0.05, 0.1) is 12.5 Å². The van der Waals surface area contributed by atoms with Gasteiger partial charge in [-0.2, -0.15) is 0 Å². The summed E-state index contributed by atoms with van der Waals surface area (Å²) in [5.41, 5.74) is 2.55. The first-order valence-corrected chi connectivity index (χ1v) is 7.56. The first kappa shape index (κ1) is 16.5. The van der Waals surface area contributed by atoms with E-state index < -0.39 is 11.5 Å². The number of fused-ring (bicyclic) bond motifs is 1. The lowest BCUT2D eigenvalue weighted by molar-refractivity contribution is -0.150. The molecule has 0 aliphatic heterocycles. The van der Waals surface area contributed by atoms with Crippen LogP contribution in [0.4, 0.5) is 0 Å². The minimum Gasteiger partial charge on any atom is -0.496 e. The molecular weight excluding hydrogens is 280 g/mol. The highest BCUT2D eigenvalue weighted by Crippen LogP contribution is 2.52. The lowest BCUT2D eigenvalue weighted by Crippen LogP contribution is -2.27. The van der Waals surface area contributed by atoms with E-state index in [-0.39, 0.29) is 17.7 Å². The molecule has 0 amide bonds. The van der Waals surface area contributed by atoms with Crippen molar-refractivity contribution in [2.75, 3.05) is 7.11 Å². The minimum atomic E-state index is -0.769. The van der Waals surface area contributed by atoms with Gasteiger partial charge >= 0.3 is 5.97 Å². The van der Waals surface area contributed by atoms with Crippen molar-refractivity contribution in [1.82, 2.24) is 0 Å². The van der Waals surface area contributed by atoms with Crippen molar-refractivity contribution < 1.29 is 19.1 Å². The van der Waals surface area contributed by atoms with E-state index in [1.165, 1.54) is 6.92 Å². The molecule has 120 valence electrons. The maximum atomic E-state index is 12.9. The maximum absolute atomic E-state index is 12.9. The average molecular weight is 304 g/mol. The molecule has 1 aromatic rings. The summed E-state index contributed by atoms with van der Waals surface area (Å²) < 4.78 is 11.0. The van der Waals surface area contributed by atoms with Crippen LogP contribution in [0.25, 0.3) is 0 Å². The van der Waals surface area contributed by atoms with Crippen molar-refractivity contribution in [3.8, 4) is 5.75 Å². The molecule has 1 aliphatic rings. The number of rotatable bonds is 3. The van der Waals surface area contributed by atoms with Gasteiger partial charge in [0.15, 0.2) is 5.78 Å². The molecule has 1 unspecified atom stereocenters. The fourth-order valence-corrected chi connectivity index (χ4v) is 3.24. The molecular formula is C18H24O4. The van der Waals surface area contributed by atoms with Gasteiger partial charge in [-0.25, -0.2) is 0 Å². The fraction of sp³-hybridized carbons (Fsp3) is 0.556. The van der Waals surface area contributed by atoms with E-state index in [1.54, 1.807) is 7.11 Å². The Morgan fingerprint density at radius 3 is 2.36 bits per heavy atom. The van der Waals surface area contributed by atoms with Gasteiger partial charge in [0.25, 0.3) is 0 Å². The molecule has 0 spiro atoms. The van der Waals surface area contributed by atoms with Crippen LogP contribution in [-0.4, -0.2) is 18.9 Å². The molecule has 0 bridgehead atoms. The van der Waals surface area contributed by atoms with Gasteiger partial charge in [0.2, 0.25) is 0 Å². The Kier molecular flexibility index (Phi) is 4.07. The molecule has 4 heteroatoms. The Morgan fingerprint density at radius 2 is 1.91 bits per heavy atom. The molecule has 4 nitrogen and oxygen atoms in total. The topological polar surface area (TPSA) is 52.6 Å². The van der Waals surface area contributed by atoms with E-state index in [0.717, 1.165) is 16.7 Å². The van der Waals surface area contributed by atoms with Gasteiger partial charge in [-0.3, -0.25) is 9.59 Å². The van der Waals surface area contributed by atoms with Crippen LogP contribution in [0.15, 0.2) is 6.07 Å². The second-order valence-electron chi connectivity index (χ2n) is 6.78. The molecule has 2 rings (SSSR count). The Hall–Kier alpha value is -1.84. The third-order valence-electron chi connectivity index (χ3n) is 4.47. The highest BCUT2D eigenvalue weighted by atomic mass is 16.5. The minimum absolute atomic E-state index is 0.00653. The molecule has 0 N–H and O–H groups in total. The molecule has 0 saturated heterocycles. The number of methoxy groups -OCH3 is 1. The van der Waals surface area contributed by atoms with E-state index in [2.05, 4.69) is 13.8 Å². The Bertz CT molecular complexity index is 641. The summed E-state index contributed by atoms with van der Waals surface area (Å²) in [4.78, 5) is 24.5. The predicted molar refractivity (Wildman–Crippen MR) is 84.4 cm³/mol. The molecule has 22 heavy (non-hydrogen) atoms. The first-order chi connectivity index (χ1) is 10.1. The van der Waals surface area contributed by atoms with Crippen LogP contribution >= 0.6 is 0 Å². The summed E-state index contributed by atoms with van der Waals surface area (Å²) >= 11 is 0. The number of hydrogen-bond acceptors (Lipinski definition) is 4. The van der Waals surface area contributed by atoms with E-state index in [1.807, 2.05) is 26.8 Å². The van der Waals surface area contributed by atoms with Gasteiger partial charge < -0.3 is 9.47 Å². The number of carbonyl (C=O) groups is 2. The highest BCUT2D eigenvalue weighted by molar-refractivity contribution is 6.07. The van der Waals surface area contributed by atoms with E-state index in [9.17, 15) is 9.59 Å². The Morgan fingerprint density at radius 1 is 1.32 bits per heavy atom. The Balaban J connectivity index is 2.81. The highest BCUT2D eigenvalue weighted by Gasteiger charge is 2.51. The van der Waals surface area contributed by atoms with Crippen LogP contribution in [0.1, 0.15) is 73.7 Å². The van der Waals surface area contributed by atoms with Gasteiger partial charge in [-0.1, -0.05) is 13.8 Å². The molecule has 0 heterocycles. The summed E-state index contributed by atoms with van der Waals surface area (Å²) in [5.74, 6) is 0.534. The van der Waals surface area contributed by atoms with Gasteiger partial charge in [-0.15, -0.1) is 0 Å². The van der Waals surface area contributed by atoms with E-state index in [4.69, 9.17) is 9.47 Å². The van der Waals surface area contributed by atoms with Gasteiger partial charge in [0, 0.05) is 23.6 Å². The fourth-order valence-electron chi connectivity index (χ4n) is 3.24. The third-order valence-corrected chi connectivity index (χ3v) is 4.47. The van der Waals surface area contributed by atoms with Crippen LogP contribution < -0.4 is 4.74 Å². The molecule has 1 atom stereocenters. The summed E-state index contributed by atoms with van der Waals surface area (Å²) in [6.07, 6.45) is -0.547. The molecule has 1 aliphatic carbocycles. The zero-order chi connectivity index (χ0) is 16.8. The zero-order valence-electron chi connectivity index (χ0n) is 14.4. The van der Waals surface area contributed by atoms with Crippen molar-refractivity contribution in [3.63, 3.8) is 0 Å². The lowest BCUT2D eigenvalue weighted by Gasteiger charge is -2.27. The summed E-state index contributed by atoms with van der Waals surface area (Å²) in [6.45, 7) is 11.0. The predicted octanol–water partition coefficient (Wildman–Crippen LogP) is 3.95. The average Bonchev–Trinajstić information content (AvgIpc) is 2.60. The van der Waals surface area contributed by atoms with E-state index in [0.29, 0.717) is 11.3 Å². The second-order valence-corrected chi connectivity index (χ2v) is 6.78. The van der Waals surface area contributed by atoms with Gasteiger partial charge in [0.1, 0.15) is 11.9 Å². The van der Waals surface area contributed by atoms with Crippen LogP contribution in [0.3, 0.4) is 0 Å². The standard InChI is InChI=1S/C18H24O4/c1-9(2)12-8-13(21-7)10(3)14-15(12)17(22-11(4)19)18(5,6)16(14)20/h8-9,17H,1-7H3. The number of benzene rings is 1. The largest absolute Gasteiger partial charge is 0.496 e. The Labute approximate surface area is 131 Å². The number of Topliss-reactive ketones (excluding diaryl/α,β-unsaturated/α-hetero) is 1. The van der Waals surface area contributed by atoms with Gasteiger partial charge in [-0.05, 0) is 38.3 Å². The van der Waals surface area contributed by atoms with Crippen LogP contribution in [0.5, 0.6) is 5.75 Å². The summed E-state index contributed by atoms with van der Waals surface area (Å²) in [7, 11) is 1.60. The maximum Gasteiger partial charge on any atom is 0.303 e. The molecule has 0 fully saturated rings. The molecule has 0 saturated carbocycles. The summed E-state index contributed by atoms with van der Waals surface area (Å²) in [5, 5.41) is 0. The first-order valence-electron chi connectivity index (χ1n) is 7.56. The number of ketones is 1. The second kappa shape index (κ2) is 5.41. The van der Waals surface area contributed by atoms with Crippen LogP contribution in [-0.2, 0) is 9.53 Å². The van der Waals surface area contributed by atoms with Crippen molar-refractivity contribution >= 4 is 11.8 Å². The van der Waals surface area contributed by atoms with E-state index >= 15 is 0 Å². The smallest absolute Gasteiger partial charge is 0.303 e. The van der Waals surface area contributed by atoms with Crippen molar-refractivity contribution in [3.05, 3.63) is 28.3 Å². The number of carbonyl (C=O) groups excluding carboxylic acids is 2. The molecule has 1 aromatic carbocycles. The number of hydrogen-bond donors (Lipinski definition) is 0. The summed E-state index contributed by atoms with van der Waals surface area (Å²) in [6, 6.07) is 1.96. The quantitative estimate of drug-likeness (QED) is 0.793.